The topological polar surface area (TPSA) is 96.4 Å². The number of rotatable bonds is 4. The van der Waals surface area contributed by atoms with E-state index in [1.165, 1.54) is 4.90 Å². The molecule has 1 N–H and O–H groups in total. The summed E-state index contributed by atoms with van der Waals surface area (Å²) in [5.74, 6) is -3.15. The Bertz CT molecular complexity index is 1190. The van der Waals surface area contributed by atoms with Crippen LogP contribution in [0.3, 0.4) is 0 Å². The summed E-state index contributed by atoms with van der Waals surface area (Å²) in [7, 11) is 0. The van der Waals surface area contributed by atoms with Crippen molar-refractivity contribution in [2.45, 2.75) is 70.7 Å². The fourth-order valence-electron chi connectivity index (χ4n) is 6.98. The second kappa shape index (κ2) is 9.65. The number of carbonyl (C=O) groups excluding carboxylic acids is 3. The smallest absolute Gasteiger partial charge is 0.313 e. The van der Waals surface area contributed by atoms with Crippen molar-refractivity contribution >= 4 is 23.5 Å². The van der Waals surface area contributed by atoms with Gasteiger partial charge in [-0.15, -0.1) is 0 Å². The van der Waals surface area contributed by atoms with Gasteiger partial charge in [0.1, 0.15) is 17.6 Å². The second-order valence-corrected chi connectivity index (χ2v) is 11.5. The summed E-state index contributed by atoms with van der Waals surface area (Å²) in [6, 6.07) is 4.20. The molecule has 38 heavy (non-hydrogen) atoms. The van der Waals surface area contributed by atoms with E-state index in [2.05, 4.69) is 0 Å². The van der Waals surface area contributed by atoms with E-state index in [9.17, 15) is 19.5 Å². The zero-order chi connectivity index (χ0) is 27.4. The molecule has 1 aromatic rings. The first-order valence-corrected chi connectivity index (χ1v) is 13.6. The number of benzene rings is 1. The van der Waals surface area contributed by atoms with E-state index < -0.39 is 41.1 Å². The predicted molar refractivity (Wildman–Crippen MR) is 142 cm³/mol. The molecule has 1 unspecified atom stereocenters. The van der Waals surface area contributed by atoms with Crippen LogP contribution in [0.5, 0.6) is 0 Å². The Kier molecular flexibility index (Phi) is 6.76. The fourth-order valence-corrected chi connectivity index (χ4v) is 6.98. The first kappa shape index (κ1) is 26.6. The van der Waals surface area contributed by atoms with E-state index in [0.29, 0.717) is 13.0 Å². The molecule has 5 rings (SSSR count). The third-order valence-corrected chi connectivity index (χ3v) is 8.71. The molecule has 4 aliphatic rings. The summed E-state index contributed by atoms with van der Waals surface area (Å²) < 4.78 is 12.5. The van der Waals surface area contributed by atoms with Crippen molar-refractivity contribution < 1.29 is 29.0 Å². The average molecular weight is 523 g/mol. The predicted octanol–water partition coefficient (Wildman–Crippen LogP) is 3.09. The molecule has 2 fully saturated rings. The monoisotopic (exact) mass is 522 g/mol. The molecule has 8 nitrogen and oxygen atoms in total. The van der Waals surface area contributed by atoms with Crippen molar-refractivity contribution in [2.24, 2.45) is 17.8 Å². The molecule has 0 radical (unpaired) electrons. The Labute approximate surface area is 224 Å². The lowest BCUT2D eigenvalue weighted by molar-refractivity contribution is -0.160. The summed E-state index contributed by atoms with van der Waals surface area (Å²) in [4.78, 5) is 45.8. The minimum atomic E-state index is -1.39. The number of cyclic esters (lactones) is 1. The second-order valence-electron chi connectivity index (χ2n) is 11.5. The van der Waals surface area contributed by atoms with E-state index in [1.54, 1.807) is 11.8 Å². The summed E-state index contributed by atoms with van der Waals surface area (Å²) in [6.45, 7) is 9.81. The number of nitrogens with zero attached hydrogens (tertiary/aromatic N) is 2. The number of likely N-dealkylation sites (tertiary alicyclic amines) is 1. The Balaban J connectivity index is 1.72. The molecule has 4 aliphatic heterocycles. The Morgan fingerprint density at radius 3 is 2.42 bits per heavy atom. The molecule has 6 atom stereocenters. The van der Waals surface area contributed by atoms with Crippen LogP contribution in [0.15, 0.2) is 42.5 Å². The van der Waals surface area contributed by atoms with Crippen molar-refractivity contribution in [3.63, 3.8) is 0 Å². The fraction of sp³-hybridized carbons (Fsp3) is 0.567. The number of aliphatic hydroxyl groups is 1. The van der Waals surface area contributed by atoms with Crippen LogP contribution in [0, 0.1) is 31.6 Å². The number of esters is 1. The highest BCUT2D eigenvalue weighted by atomic mass is 16.6. The lowest BCUT2D eigenvalue weighted by Gasteiger charge is -2.41. The number of allylic oxidation sites excluding steroid dienone is 1. The van der Waals surface area contributed by atoms with Crippen LogP contribution >= 0.6 is 0 Å². The van der Waals surface area contributed by atoms with Crippen molar-refractivity contribution in [3.05, 3.63) is 53.6 Å². The summed E-state index contributed by atoms with van der Waals surface area (Å²) in [5.41, 5.74) is 0.176. The maximum absolute atomic E-state index is 14.6. The van der Waals surface area contributed by atoms with Crippen molar-refractivity contribution in [2.75, 3.05) is 24.7 Å². The number of hydrogen-bond acceptors (Lipinski definition) is 6. The highest BCUT2D eigenvalue weighted by Gasteiger charge is 2.75. The highest BCUT2D eigenvalue weighted by molar-refractivity contribution is 6.06. The lowest BCUT2D eigenvalue weighted by Crippen LogP contribution is -2.60. The molecule has 1 aromatic carbocycles. The van der Waals surface area contributed by atoms with Crippen LogP contribution < -0.4 is 4.90 Å². The van der Waals surface area contributed by atoms with Crippen LogP contribution in [-0.2, 0) is 23.9 Å². The maximum Gasteiger partial charge on any atom is 0.313 e. The summed E-state index contributed by atoms with van der Waals surface area (Å²) in [5, 5.41) is 10.4. The largest absolute Gasteiger partial charge is 0.465 e. The van der Waals surface area contributed by atoms with E-state index in [1.807, 2.05) is 70.2 Å². The third kappa shape index (κ3) is 3.83. The van der Waals surface area contributed by atoms with Gasteiger partial charge in [0.05, 0.1) is 30.8 Å². The number of ether oxygens (including phenoxy) is 2. The lowest BCUT2D eigenvalue weighted by atomic mass is 9.74. The van der Waals surface area contributed by atoms with Gasteiger partial charge in [0.25, 0.3) is 5.91 Å². The number of amides is 2. The Morgan fingerprint density at radius 1 is 1.05 bits per heavy atom. The maximum atomic E-state index is 14.6. The van der Waals surface area contributed by atoms with Crippen LogP contribution in [0.4, 0.5) is 5.69 Å². The molecule has 0 bridgehead atoms. The molecule has 0 aliphatic carbocycles. The molecule has 0 aromatic heterocycles. The number of fused-ring (bicyclic) bond motifs is 2. The van der Waals surface area contributed by atoms with Gasteiger partial charge >= 0.3 is 5.97 Å². The zero-order valence-corrected chi connectivity index (χ0v) is 22.8. The average Bonchev–Trinajstić information content (AvgIpc) is 3.20. The van der Waals surface area contributed by atoms with Crippen LogP contribution in [0.1, 0.15) is 44.7 Å². The molecular weight excluding hydrogens is 484 g/mol. The van der Waals surface area contributed by atoms with Gasteiger partial charge in [-0.3, -0.25) is 14.4 Å². The van der Waals surface area contributed by atoms with Crippen LogP contribution in [0.2, 0.25) is 0 Å². The molecule has 8 heteroatoms. The van der Waals surface area contributed by atoms with Crippen LogP contribution in [-0.4, -0.2) is 70.8 Å². The standard InChI is InChI=1S/C30H38N2O6/c1-18(2)21(17-33)32-25-27(35)31(24-19(3)11-9-12-20(24)4)15-10-14-30(25)22(26(32)34)23-28(36)37-16-8-6-7-13-29(23,5)38-30/h7,9-14,18,21-23,25,33H,6,8,15-17H2,1-5H3/b13-7-/t21-,22-,23+,25?,29-,30-/m0/s1. The van der Waals surface area contributed by atoms with Gasteiger partial charge in [0.2, 0.25) is 5.91 Å². The van der Waals surface area contributed by atoms with Gasteiger partial charge in [0, 0.05) is 12.2 Å². The van der Waals surface area contributed by atoms with Gasteiger partial charge in [0.15, 0.2) is 0 Å². The number of para-hydroxylation sites is 1. The Hall–Kier alpha value is -2.97. The first-order valence-electron chi connectivity index (χ1n) is 13.6. The quantitative estimate of drug-likeness (QED) is 0.482. The van der Waals surface area contributed by atoms with Gasteiger partial charge in [-0.25, -0.2) is 0 Å². The molecular formula is C30H38N2O6. The minimum Gasteiger partial charge on any atom is -0.465 e. The highest BCUT2D eigenvalue weighted by Crippen LogP contribution is 2.58. The van der Waals surface area contributed by atoms with Crippen LogP contribution in [0.25, 0.3) is 0 Å². The minimum absolute atomic E-state index is 0.132. The van der Waals surface area contributed by atoms with Gasteiger partial charge in [-0.05, 0) is 50.7 Å². The normalized spacial score (nSPS) is 34.6. The van der Waals surface area contributed by atoms with E-state index in [-0.39, 0.29) is 30.9 Å². The van der Waals surface area contributed by atoms with E-state index >= 15 is 0 Å². The number of aryl methyl sites for hydroxylation is 2. The van der Waals surface area contributed by atoms with Gasteiger partial charge in [-0.2, -0.15) is 0 Å². The molecule has 2 saturated heterocycles. The molecule has 4 heterocycles. The van der Waals surface area contributed by atoms with Gasteiger partial charge < -0.3 is 24.4 Å². The first-order chi connectivity index (χ1) is 18.1. The summed E-state index contributed by atoms with van der Waals surface area (Å²) in [6.07, 6.45) is 8.94. The van der Waals surface area contributed by atoms with Gasteiger partial charge in [-0.1, -0.05) is 56.4 Å². The van der Waals surface area contributed by atoms with Crippen molar-refractivity contribution in [3.8, 4) is 0 Å². The summed E-state index contributed by atoms with van der Waals surface area (Å²) >= 11 is 0. The van der Waals surface area contributed by atoms with Crippen molar-refractivity contribution in [1.29, 1.82) is 0 Å². The van der Waals surface area contributed by atoms with E-state index in [0.717, 1.165) is 23.2 Å². The molecule has 2 amide bonds. The Morgan fingerprint density at radius 2 is 1.76 bits per heavy atom. The number of anilines is 1. The number of hydrogen-bond donors (Lipinski definition) is 1. The number of carbonyl (C=O) groups is 3. The molecule has 0 saturated carbocycles. The SMILES string of the molecule is Cc1cccc(C)c1N1CC=C[C@]23O[C@@]4(C)/C=C\CCCOC(=O)[C@H]4[C@H]2C(=O)N([C@@H](CO)C(C)C)C3C1=O. The van der Waals surface area contributed by atoms with E-state index in [4.69, 9.17) is 9.47 Å². The number of aliphatic hydroxyl groups excluding tert-OH is 1. The van der Waals surface area contributed by atoms with Crippen molar-refractivity contribution in [1.82, 2.24) is 4.90 Å². The molecule has 1 spiro atoms. The molecule has 204 valence electrons. The third-order valence-electron chi connectivity index (χ3n) is 8.71. The zero-order valence-electron chi connectivity index (χ0n) is 22.8.